The van der Waals surface area contributed by atoms with Gasteiger partial charge in [-0.2, -0.15) is 0 Å². The van der Waals surface area contributed by atoms with E-state index in [2.05, 4.69) is 0 Å². The molecule has 0 aromatic heterocycles. The summed E-state index contributed by atoms with van der Waals surface area (Å²) in [5.41, 5.74) is 0.0798. The maximum atomic E-state index is 11.4. The number of carboxylic acid groups (broad SMARTS) is 2. The van der Waals surface area contributed by atoms with Crippen molar-refractivity contribution < 1.29 is 19.8 Å². The van der Waals surface area contributed by atoms with Gasteiger partial charge >= 0.3 is 11.9 Å². The molecule has 0 radical (unpaired) electrons. The van der Waals surface area contributed by atoms with Crippen LogP contribution in [0.15, 0.2) is 30.3 Å². The molecule has 1 fully saturated rings. The fourth-order valence-electron chi connectivity index (χ4n) is 3.13. The molecule has 0 amide bonds. The first-order valence-corrected chi connectivity index (χ1v) is 6.06. The van der Waals surface area contributed by atoms with Crippen LogP contribution in [0.2, 0.25) is 0 Å². The highest BCUT2D eigenvalue weighted by Crippen LogP contribution is 2.48. The molecule has 1 aliphatic rings. The van der Waals surface area contributed by atoms with E-state index >= 15 is 0 Å². The first kappa shape index (κ1) is 12.6. The highest BCUT2D eigenvalue weighted by molar-refractivity contribution is 5.77. The lowest BCUT2D eigenvalue weighted by Gasteiger charge is -2.32. The standard InChI is InChI=1S/C14H16O4/c15-12(16)9-14(10-5-2-1-3-6-10)8-4-7-11(14)13(17)18/h1-3,5-6,11H,4,7-9H2,(H,15,16)(H,17,18). The molecule has 96 valence electrons. The maximum Gasteiger partial charge on any atom is 0.307 e. The van der Waals surface area contributed by atoms with Crippen LogP contribution in [0.3, 0.4) is 0 Å². The third kappa shape index (κ3) is 2.10. The van der Waals surface area contributed by atoms with Crippen LogP contribution in [-0.4, -0.2) is 22.2 Å². The van der Waals surface area contributed by atoms with Gasteiger partial charge in [0, 0.05) is 5.41 Å². The Hall–Kier alpha value is -1.84. The van der Waals surface area contributed by atoms with E-state index in [9.17, 15) is 14.7 Å². The Kier molecular flexibility index (Phi) is 3.36. The fraction of sp³-hybridized carbons (Fsp3) is 0.429. The zero-order valence-corrected chi connectivity index (χ0v) is 10.0. The summed E-state index contributed by atoms with van der Waals surface area (Å²) in [6.45, 7) is 0. The highest BCUT2D eigenvalue weighted by atomic mass is 16.4. The number of benzene rings is 1. The topological polar surface area (TPSA) is 74.6 Å². The summed E-state index contributed by atoms with van der Waals surface area (Å²) in [4.78, 5) is 22.5. The van der Waals surface area contributed by atoms with Gasteiger partial charge < -0.3 is 10.2 Å². The minimum Gasteiger partial charge on any atom is -0.481 e. The molecule has 0 spiro atoms. The largest absolute Gasteiger partial charge is 0.481 e. The number of hydrogen-bond donors (Lipinski definition) is 2. The van der Waals surface area contributed by atoms with Gasteiger partial charge in [0.2, 0.25) is 0 Å². The first-order valence-electron chi connectivity index (χ1n) is 6.06. The number of aliphatic carboxylic acids is 2. The summed E-state index contributed by atoms with van der Waals surface area (Å²) in [6.07, 6.45) is 1.82. The quantitative estimate of drug-likeness (QED) is 0.857. The van der Waals surface area contributed by atoms with Gasteiger partial charge in [-0.15, -0.1) is 0 Å². The zero-order chi connectivity index (χ0) is 13.2. The van der Waals surface area contributed by atoms with Crippen LogP contribution in [0.25, 0.3) is 0 Å². The van der Waals surface area contributed by atoms with Crippen molar-refractivity contribution in [2.75, 3.05) is 0 Å². The van der Waals surface area contributed by atoms with Crippen molar-refractivity contribution in [2.45, 2.75) is 31.1 Å². The highest BCUT2D eigenvalue weighted by Gasteiger charge is 2.49. The summed E-state index contributed by atoms with van der Waals surface area (Å²) in [5.74, 6) is -2.43. The van der Waals surface area contributed by atoms with Crippen molar-refractivity contribution in [1.82, 2.24) is 0 Å². The van der Waals surface area contributed by atoms with Gasteiger partial charge in [0.25, 0.3) is 0 Å². The van der Waals surface area contributed by atoms with Crippen molar-refractivity contribution in [3.05, 3.63) is 35.9 Å². The summed E-state index contributed by atoms with van der Waals surface area (Å²) in [6, 6.07) is 9.18. The molecule has 2 atom stereocenters. The minimum absolute atomic E-state index is 0.117. The zero-order valence-electron chi connectivity index (χ0n) is 10.0. The molecule has 0 saturated heterocycles. The summed E-state index contributed by atoms with van der Waals surface area (Å²) in [5, 5.41) is 18.4. The van der Waals surface area contributed by atoms with E-state index in [1.807, 2.05) is 30.3 Å². The van der Waals surface area contributed by atoms with Crippen LogP contribution in [0, 0.1) is 5.92 Å². The first-order chi connectivity index (χ1) is 8.56. The molecule has 2 N–H and O–H groups in total. The predicted molar refractivity (Wildman–Crippen MR) is 65.3 cm³/mol. The third-order valence-electron chi connectivity index (χ3n) is 3.90. The molecule has 2 rings (SSSR count). The van der Waals surface area contributed by atoms with E-state index in [1.165, 1.54) is 0 Å². The van der Waals surface area contributed by atoms with E-state index < -0.39 is 23.3 Å². The Bertz CT molecular complexity index is 454. The van der Waals surface area contributed by atoms with Crippen molar-refractivity contribution in [3.63, 3.8) is 0 Å². The van der Waals surface area contributed by atoms with Crippen molar-refractivity contribution in [2.24, 2.45) is 5.92 Å². The van der Waals surface area contributed by atoms with Crippen LogP contribution in [0.4, 0.5) is 0 Å². The molecular weight excluding hydrogens is 232 g/mol. The molecule has 0 bridgehead atoms. The molecule has 18 heavy (non-hydrogen) atoms. The van der Waals surface area contributed by atoms with Gasteiger partial charge in [0.05, 0.1) is 12.3 Å². The SMILES string of the molecule is O=C(O)CC1(c2ccccc2)CCCC1C(=O)O. The third-order valence-corrected chi connectivity index (χ3v) is 3.90. The molecule has 1 aliphatic carbocycles. The van der Waals surface area contributed by atoms with E-state index in [-0.39, 0.29) is 6.42 Å². The Labute approximate surface area is 105 Å². The van der Waals surface area contributed by atoms with E-state index in [4.69, 9.17) is 5.11 Å². The Morgan fingerprint density at radius 1 is 1.22 bits per heavy atom. The number of rotatable bonds is 4. The van der Waals surface area contributed by atoms with Crippen LogP contribution in [0.5, 0.6) is 0 Å². The molecule has 2 unspecified atom stereocenters. The van der Waals surface area contributed by atoms with Gasteiger partial charge in [-0.25, -0.2) is 0 Å². The van der Waals surface area contributed by atoms with Crippen LogP contribution in [0.1, 0.15) is 31.2 Å². The average molecular weight is 248 g/mol. The van der Waals surface area contributed by atoms with Gasteiger partial charge in [-0.3, -0.25) is 9.59 Å². The summed E-state index contributed by atoms with van der Waals surface area (Å²) >= 11 is 0. The number of carbonyl (C=O) groups is 2. The second-order valence-corrected chi connectivity index (χ2v) is 4.88. The normalized spacial score (nSPS) is 27.0. The minimum atomic E-state index is -0.938. The summed E-state index contributed by atoms with van der Waals surface area (Å²) in [7, 11) is 0. The maximum absolute atomic E-state index is 11.4. The predicted octanol–water partition coefficient (Wildman–Crippen LogP) is 2.28. The second kappa shape index (κ2) is 4.80. The molecular formula is C14H16O4. The molecule has 4 nitrogen and oxygen atoms in total. The van der Waals surface area contributed by atoms with Crippen molar-refractivity contribution >= 4 is 11.9 Å². The summed E-state index contributed by atoms with van der Waals surface area (Å²) < 4.78 is 0. The Morgan fingerprint density at radius 3 is 2.44 bits per heavy atom. The van der Waals surface area contributed by atoms with E-state index in [0.29, 0.717) is 12.8 Å². The monoisotopic (exact) mass is 248 g/mol. The Morgan fingerprint density at radius 2 is 1.89 bits per heavy atom. The Balaban J connectivity index is 2.46. The molecule has 1 aromatic rings. The van der Waals surface area contributed by atoms with Gasteiger partial charge in [0.15, 0.2) is 0 Å². The molecule has 0 heterocycles. The van der Waals surface area contributed by atoms with E-state index in [0.717, 1.165) is 12.0 Å². The van der Waals surface area contributed by atoms with Crippen LogP contribution < -0.4 is 0 Å². The lowest BCUT2D eigenvalue weighted by Crippen LogP contribution is -2.37. The van der Waals surface area contributed by atoms with Gasteiger partial charge in [-0.1, -0.05) is 36.8 Å². The van der Waals surface area contributed by atoms with E-state index in [1.54, 1.807) is 0 Å². The smallest absolute Gasteiger partial charge is 0.307 e. The molecule has 0 aliphatic heterocycles. The number of carboxylic acids is 2. The molecule has 1 aromatic carbocycles. The second-order valence-electron chi connectivity index (χ2n) is 4.88. The van der Waals surface area contributed by atoms with Gasteiger partial charge in [-0.05, 0) is 18.4 Å². The lowest BCUT2D eigenvalue weighted by atomic mass is 9.70. The number of hydrogen-bond acceptors (Lipinski definition) is 2. The average Bonchev–Trinajstić information content (AvgIpc) is 2.74. The fourth-order valence-corrected chi connectivity index (χ4v) is 3.13. The molecule has 4 heteroatoms. The lowest BCUT2D eigenvalue weighted by molar-refractivity contribution is -0.145. The van der Waals surface area contributed by atoms with Crippen molar-refractivity contribution in [1.29, 1.82) is 0 Å². The van der Waals surface area contributed by atoms with Crippen LogP contribution in [-0.2, 0) is 15.0 Å². The van der Waals surface area contributed by atoms with Crippen LogP contribution >= 0.6 is 0 Å². The van der Waals surface area contributed by atoms with Gasteiger partial charge in [0.1, 0.15) is 0 Å². The van der Waals surface area contributed by atoms with Crippen molar-refractivity contribution in [3.8, 4) is 0 Å². The molecule has 1 saturated carbocycles.